The number of esters is 4. The van der Waals surface area contributed by atoms with Crippen LogP contribution in [0.1, 0.15) is 401 Å². The molecule has 6 atom stereocenters. The Bertz CT molecular complexity index is 1860. The smallest absolute Gasteiger partial charge is 0.462 e. The summed E-state index contributed by atoms with van der Waals surface area (Å²) in [6.07, 6.45) is 57.4. The van der Waals surface area contributed by atoms with Gasteiger partial charge in [0.15, 0.2) is 12.2 Å². The lowest BCUT2D eigenvalue weighted by atomic mass is 9.99. The second kappa shape index (κ2) is 68.8. The Labute approximate surface area is 588 Å². The maximum absolute atomic E-state index is 13.1. The summed E-state index contributed by atoms with van der Waals surface area (Å²) in [7, 11) is -9.90. The van der Waals surface area contributed by atoms with Crippen LogP contribution in [0.25, 0.3) is 0 Å². The SMILES string of the molecule is CCCCCCCCCCCCCCCCCCCCC(=O)OC[C@H](COP(=O)(O)OC[C@@H](O)COP(=O)(O)OC[C@@H](COC(=O)CCCCCCC)OC(=O)CCCCCCCCCCC(C)CC)OC(=O)CCCCCCCCCCCCCCCCCCCCC(C)C. The van der Waals surface area contributed by atoms with Crippen LogP contribution < -0.4 is 0 Å². The predicted octanol–water partition coefficient (Wildman–Crippen LogP) is 22.7. The first-order valence-electron chi connectivity index (χ1n) is 40.0. The van der Waals surface area contributed by atoms with E-state index in [2.05, 4.69) is 41.5 Å². The van der Waals surface area contributed by atoms with Crippen molar-refractivity contribution in [1.29, 1.82) is 0 Å². The van der Waals surface area contributed by atoms with Crippen LogP contribution >= 0.6 is 15.6 Å². The van der Waals surface area contributed by atoms with Crippen molar-refractivity contribution >= 4 is 39.5 Å². The molecule has 19 heteroatoms. The van der Waals surface area contributed by atoms with E-state index in [0.29, 0.717) is 25.7 Å². The summed E-state index contributed by atoms with van der Waals surface area (Å²) in [5.41, 5.74) is 0. The van der Waals surface area contributed by atoms with Crippen molar-refractivity contribution in [1.82, 2.24) is 0 Å². The fraction of sp³-hybridized carbons (Fsp3) is 0.948. The number of phosphoric ester groups is 2. The molecule has 0 heterocycles. The Hall–Kier alpha value is -1.94. The van der Waals surface area contributed by atoms with E-state index in [1.54, 1.807) is 0 Å². The zero-order valence-electron chi connectivity index (χ0n) is 62.7. The maximum atomic E-state index is 13.1. The lowest BCUT2D eigenvalue weighted by Crippen LogP contribution is -2.30. The highest BCUT2D eigenvalue weighted by Gasteiger charge is 2.30. The molecule has 0 aliphatic rings. The maximum Gasteiger partial charge on any atom is 0.472 e. The molecular weight excluding hydrogens is 1260 g/mol. The summed E-state index contributed by atoms with van der Waals surface area (Å²) < 4.78 is 68.3. The lowest BCUT2D eigenvalue weighted by Gasteiger charge is -2.21. The van der Waals surface area contributed by atoms with Gasteiger partial charge in [0, 0.05) is 25.7 Å². The van der Waals surface area contributed by atoms with Crippen molar-refractivity contribution in [3.63, 3.8) is 0 Å². The van der Waals surface area contributed by atoms with Crippen LogP contribution in [0.3, 0.4) is 0 Å². The van der Waals surface area contributed by atoms with Crippen molar-refractivity contribution in [3.8, 4) is 0 Å². The number of carbonyl (C=O) groups excluding carboxylic acids is 4. The van der Waals surface area contributed by atoms with Crippen LogP contribution in [0.15, 0.2) is 0 Å². The molecule has 0 amide bonds. The van der Waals surface area contributed by atoms with Gasteiger partial charge in [0.25, 0.3) is 0 Å². The molecule has 0 rings (SSSR count). The zero-order valence-corrected chi connectivity index (χ0v) is 64.5. The lowest BCUT2D eigenvalue weighted by molar-refractivity contribution is -0.161. The molecule has 0 aromatic carbocycles. The minimum Gasteiger partial charge on any atom is -0.462 e. The third-order valence-electron chi connectivity index (χ3n) is 18.3. The standard InChI is InChI=1S/C77H150O17P2/c1-7-10-12-14-15-16-17-18-19-20-24-27-30-33-36-42-48-54-60-75(80)88-66-73(94-76(81)61-55-49-43-37-34-31-28-25-22-21-23-26-29-32-35-40-46-51-57-69(4)5)68-92-96(85,86)90-64-71(78)63-89-95(83,84)91-67-72(65-87-74(79)59-53-45-13-11-8-2)93-77(82)62-56-50-44-39-38-41-47-52-58-70(6)9-3/h69-73,78H,7-68H2,1-6H3,(H,83,84)(H,85,86)/t70?,71-,72+,73+/m0/s1. The molecule has 3 unspecified atom stereocenters. The number of aliphatic hydroxyl groups excluding tert-OH is 1. The van der Waals surface area contributed by atoms with Crippen molar-refractivity contribution < 1.29 is 80.2 Å². The van der Waals surface area contributed by atoms with E-state index in [-0.39, 0.29) is 25.7 Å². The van der Waals surface area contributed by atoms with Crippen LogP contribution in [-0.4, -0.2) is 96.7 Å². The fourth-order valence-electron chi connectivity index (χ4n) is 11.8. The van der Waals surface area contributed by atoms with Gasteiger partial charge in [-0.1, -0.05) is 350 Å². The zero-order chi connectivity index (χ0) is 70.7. The second-order valence-corrected chi connectivity index (χ2v) is 31.4. The monoisotopic (exact) mass is 1410 g/mol. The molecule has 0 bridgehead atoms. The van der Waals surface area contributed by atoms with Crippen LogP contribution in [-0.2, 0) is 65.4 Å². The fourth-order valence-corrected chi connectivity index (χ4v) is 13.4. The third-order valence-corrected chi connectivity index (χ3v) is 20.2. The van der Waals surface area contributed by atoms with Crippen LogP contribution in [0.2, 0.25) is 0 Å². The van der Waals surface area contributed by atoms with Gasteiger partial charge in [-0.2, -0.15) is 0 Å². The average molecular weight is 1410 g/mol. The highest BCUT2D eigenvalue weighted by molar-refractivity contribution is 7.47. The van der Waals surface area contributed by atoms with Gasteiger partial charge in [-0.05, 0) is 37.5 Å². The first-order valence-corrected chi connectivity index (χ1v) is 43.0. The highest BCUT2D eigenvalue weighted by Crippen LogP contribution is 2.45. The molecule has 0 radical (unpaired) electrons. The van der Waals surface area contributed by atoms with E-state index in [0.717, 1.165) is 108 Å². The molecule has 0 aromatic heterocycles. The Morgan fingerprint density at radius 3 is 0.792 bits per heavy atom. The van der Waals surface area contributed by atoms with Crippen molar-refractivity contribution in [2.45, 2.75) is 419 Å². The summed E-state index contributed by atoms with van der Waals surface area (Å²) in [5.74, 6) is -0.537. The van der Waals surface area contributed by atoms with Gasteiger partial charge in [-0.15, -0.1) is 0 Å². The summed E-state index contributed by atoms with van der Waals surface area (Å²) in [4.78, 5) is 72.5. The van der Waals surface area contributed by atoms with Crippen molar-refractivity contribution in [2.75, 3.05) is 39.6 Å². The van der Waals surface area contributed by atoms with E-state index in [1.807, 2.05) is 0 Å². The number of aliphatic hydroxyl groups is 1. The number of rotatable bonds is 76. The first kappa shape index (κ1) is 94.1. The molecule has 0 aromatic rings. The molecule has 0 spiro atoms. The van der Waals surface area contributed by atoms with Gasteiger partial charge in [-0.3, -0.25) is 37.3 Å². The number of hydrogen-bond acceptors (Lipinski definition) is 15. The molecule has 0 aliphatic carbocycles. The van der Waals surface area contributed by atoms with E-state index in [4.69, 9.17) is 37.0 Å². The Morgan fingerprint density at radius 1 is 0.302 bits per heavy atom. The Morgan fingerprint density at radius 2 is 0.531 bits per heavy atom. The van der Waals surface area contributed by atoms with Crippen molar-refractivity contribution in [3.05, 3.63) is 0 Å². The molecule has 0 fully saturated rings. The topological polar surface area (TPSA) is 237 Å². The highest BCUT2D eigenvalue weighted by atomic mass is 31.2. The summed E-state index contributed by atoms with van der Waals surface area (Å²) >= 11 is 0. The number of ether oxygens (including phenoxy) is 4. The molecule has 96 heavy (non-hydrogen) atoms. The van der Waals surface area contributed by atoms with Gasteiger partial charge in [0.1, 0.15) is 19.3 Å². The molecule has 0 saturated heterocycles. The van der Waals surface area contributed by atoms with Gasteiger partial charge < -0.3 is 33.8 Å². The molecule has 17 nitrogen and oxygen atoms in total. The molecule has 3 N–H and O–H groups in total. The number of unbranched alkanes of at least 4 members (excludes halogenated alkanes) is 45. The first-order chi connectivity index (χ1) is 46.4. The molecule has 0 saturated carbocycles. The van der Waals surface area contributed by atoms with E-state index in [1.165, 1.54) is 212 Å². The predicted molar refractivity (Wildman–Crippen MR) is 391 cm³/mol. The molecule has 0 aliphatic heterocycles. The Balaban J connectivity index is 5.12. The van der Waals surface area contributed by atoms with E-state index in [9.17, 15) is 43.2 Å². The summed E-state index contributed by atoms with van der Waals surface area (Å²) in [6, 6.07) is 0. The quantitative estimate of drug-likeness (QED) is 0.0222. The third kappa shape index (κ3) is 69.2. The van der Waals surface area contributed by atoms with Gasteiger partial charge in [0.2, 0.25) is 0 Å². The average Bonchev–Trinajstić information content (AvgIpc) is 3.72. The number of hydrogen-bond donors (Lipinski definition) is 3. The number of carbonyl (C=O) groups is 4. The minimum absolute atomic E-state index is 0.104. The van der Waals surface area contributed by atoms with Crippen LogP contribution in [0, 0.1) is 11.8 Å². The van der Waals surface area contributed by atoms with Gasteiger partial charge in [0.05, 0.1) is 26.4 Å². The number of phosphoric acid groups is 2. The normalized spacial score (nSPS) is 14.3. The van der Waals surface area contributed by atoms with E-state index < -0.39 is 97.5 Å². The largest absolute Gasteiger partial charge is 0.472 e. The van der Waals surface area contributed by atoms with E-state index >= 15 is 0 Å². The second-order valence-electron chi connectivity index (χ2n) is 28.5. The summed E-state index contributed by atoms with van der Waals surface area (Å²) in [5, 5.41) is 10.6. The minimum atomic E-state index is -4.96. The van der Waals surface area contributed by atoms with Crippen molar-refractivity contribution in [2.24, 2.45) is 11.8 Å². The van der Waals surface area contributed by atoms with Crippen LogP contribution in [0.5, 0.6) is 0 Å². The van der Waals surface area contributed by atoms with Gasteiger partial charge >= 0.3 is 39.5 Å². The molecule has 570 valence electrons. The molecular formula is C77H150O17P2. The van der Waals surface area contributed by atoms with Gasteiger partial charge in [-0.25, -0.2) is 9.13 Å². The summed E-state index contributed by atoms with van der Waals surface area (Å²) in [6.45, 7) is 9.54. The Kier molecular flexibility index (Phi) is 67.4. The van der Waals surface area contributed by atoms with Crippen LogP contribution in [0.4, 0.5) is 0 Å².